The molecule has 23 heavy (non-hydrogen) atoms. The fourth-order valence-electron chi connectivity index (χ4n) is 2.39. The number of carbonyl (C=O) groups excluding carboxylic acids is 1. The predicted octanol–water partition coefficient (Wildman–Crippen LogP) is 1.81. The minimum absolute atomic E-state index is 0.0845. The summed E-state index contributed by atoms with van der Waals surface area (Å²) in [6.45, 7) is 5.82. The zero-order valence-corrected chi connectivity index (χ0v) is 13.7. The van der Waals surface area contributed by atoms with Crippen LogP contribution >= 0.6 is 0 Å². The Hall–Kier alpha value is -1.63. The normalized spacial score (nSPS) is 15.3. The molecule has 1 fully saturated rings. The summed E-state index contributed by atoms with van der Waals surface area (Å²) >= 11 is 0. The van der Waals surface area contributed by atoms with Crippen LogP contribution in [0.1, 0.15) is 19.8 Å². The Bertz CT molecular complexity index is 458. The molecular formula is C17H26N2O4. The molecule has 0 bridgehead atoms. The van der Waals surface area contributed by atoms with Gasteiger partial charge in [0.25, 0.3) is 0 Å². The van der Waals surface area contributed by atoms with E-state index >= 15 is 0 Å². The van der Waals surface area contributed by atoms with Crippen LogP contribution in [0.3, 0.4) is 0 Å². The molecule has 1 aliphatic heterocycles. The van der Waals surface area contributed by atoms with Crippen LogP contribution in [0.4, 0.5) is 5.69 Å². The molecule has 0 aromatic heterocycles. The molecule has 128 valence electrons. The van der Waals surface area contributed by atoms with E-state index in [4.69, 9.17) is 14.2 Å². The zero-order chi connectivity index (χ0) is 16.3. The van der Waals surface area contributed by atoms with Gasteiger partial charge in [-0.25, -0.2) is 0 Å². The molecule has 0 saturated carbocycles. The predicted molar refractivity (Wildman–Crippen MR) is 88.9 cm³/mol. The Morgan fingerprint density at radius 3 is 2.52 bits per heavy atom. The number of piperidine rings is 1. The molecule has 6 nitrogen and oxygen atoms in total. The smallest absolute Gasteiger partial charge is 0.221 e. The largest absolute Gasteiger partial charge is 0.491 e. The first kappa shape index (κ1) is 17.7. The van der Waals surface area contributed by atoms with E-state index in [1.165, 1.54) is 6.92 Å². The van der Waals surface area contributed by atoms with E-state index in [1.807, 2.05) is 24.3 Å². The van der Waals surface area contributed by atoms with Crippen molar-refractivity contribution in [1.82, 2.24) is 5.32 Å². The third-order valence-electron chi connectivity index (χ3n) is 3.54. The van der Waals surface area contributed by atoms with Gasteiger partial charge in [-0.05, 0) is 50.2 Å². The standard InChI is InChI=1S/C17H26N2O4/c1-14(20)19-15-2-4-16(5-3-15)22-12-10-21-11-13-23-17-6-8-18-9-7-17/h2-5,17-18H,6-13H2,1H3,(H,19,20). The van der Waals surface area contributed by atoms with E-state index in [0.29, 0.717) is 32.5 Å². The molecule has 0 aliphatic carbocycles. The highest BCUT2D eigenvalue weighted by Gasteiger charge is 2.12. The lowest BCUT2D eigenvalue weighted by molar-refractivity contribution is -0.114. The van der Waals surface area contributed by atoms with Crippen molar-refractivity contribution in [2.45, 2.75) is 25.9 Å². The number of ether oxygens (including phenoxy) is 3. The summed E-state index contributed by atoms with van der Waals surface area (Å²) in [5.41, 5.74) is 0.760. The molecule has 0 unspecified atom stereocenters. The van der Waals surface area contributed by atoms with Gasteiger partial charge in [0.2, 0.25) is 5.91 Å². The van der Waals surface area contributed by atoms with E-state index < -0.39 is 0 Å². The number of rotatable bonds is 9. The van der Waals surface area contributed by atoms with Gasteiger partial charge in [-0.1, -0.05) is 0 Å². The van der Waals surface area contributed by atoms with Crippen LogP contribution in [-0.4, -0.2) is 51.5 Å². The summed E-state index contributed by atoms with van der Waals surface area (Å²) in [6, 6.07) is 7.27. The van der Waals surface area contributed by atoms with Crippen molar-refractivity contribution in [3.63, 3.8) is 0 Å². The molecule has 6 heteroatoms. The maximum absolute atomic E-state index is 10.9. The fraction of sp³-hybridized carbons (Fsp3) is 0.588. The van der Waals surface area contributed by atoms with Crippen LogP contribution in [0.25, 0.3) is 0 Å². The van der Waals surface area contributed by atoms with Crippen molar-refractivity contribution >= 4 is 11.6 Å². The summed E-state index contributed by atoms with van der Waals surface area (Å²) in [6.07, 6.45) is 2.54. The van der Waals surface area contributed by atoms with Crippen molar-refractivity contribution in [1.29, 1.82) is 0 Å². The first-order valence-electron chi connectivity index (χ1n) is 8.14. The van der Waals surface area contributed by atoms with Gasteiger partial charge >= 0.3 is 0 Å². The molecule has 2 rings (SSSR count). The van der Waals surface area contributed by atoms with Crippen molar-refractivity contribution in [2.24, 2.45) is 0 Å². The maximum Gasteiger partial charge on any atom is 0.221 e. The second-order valence-corrected chi connectivity index (χ2v) is 5.49. The summed E-state index contributed by atoms with van der Waals surface area (Å²) in [7, 11) is 0. The monoisotopic (exact) mass is 322 g/mol. The van der Waals surface area contributed by atoms with Gasteiger partial charge in [0.15, 0.2) is 0 Å². The third-order valence-corrected chi connectivity index (χ3v) is 3.54. The second-order valence-electron chi connectivity index (χ2n) is 5.49. The highest BCUT2D eigenvalue weighted by atomic mass is 16.5. The van der Waals surface area contributed by atoms with Crippen LogP contribution < -0.4 is 15.4 Å². The second kappa shape index (κ2) is 10.2. The van der Waals surface area contributed by atoms with Crippen molar-refractivity contribution in [3.05, 3.63) is 24.3 Å². The van der Waals surface area contributed by atoms with Crippen LogP contribution in [0.2, 0.25) is 0 Å². The highest BCUT2D eigenvalue weighted by Crippen LogP contribution is 2.15. The molecule has 1 aliphatic rings. The lowest BCUT2D eigenvalue weighted by Crippen LogP contribution is -2.33. The summed E-state index contributed by atoms with van der Waals surface area (Å²) in [4.78, 5) is 10.9. The number of anilines is 1. The number of hydrogen-bond acceptors (Lipinski definition) is 5. The topological polar surface area (TPSA) is 68.8 Å². The Balaban J connectivity index is 1.49. The lowest BCUT2D eigenvalue weighted by Gasteiger charge is -2.22. The number of amides is 1. The quantitative estimate of drug-likeness (QED) is 0.679. The van der Waals surface area contributed by atoms with Crippen molar-refractivity contribution in [2.75, 3.05) is 44.8 Å². The number of carbonyl (C=O) groups is 1. The Morgan fingerprint density at radius 2 is 1.83 bits per heavy atom. The maximum atomic E-state index is 10.9. The highest BCUT2D eigenvalue weighted by molar-refractivity contribution is 5.88. The Kier molecular flexibility index (Phi) is 7.86. The van der Waals surface area contributed by atoms with E-state index in [9.17, 15) is 4.79 Å². The van der Waals surface area contributed by atoms with E-state index in [-0.39, 0.29) is 5.91 Å². The Morgan fingerprint density at radius 1 is 1.13 bits per heavy atom. The molecule has 1 amide bonds. The van der Waals surface area contributed by atoms with Crippen molar-refractivity contribution < 1.29 is 19.0 Å². The average Bonchev–Trinajstić information content (AvgIpc) is 2.56. The lowest BCUT2D eigenvalue weighted by atomic mass is 10.1. The van der Waals surface area contributed by atoms with Crippen LogP contribution in [-0.2, 0) is 14.3 Å². The molecule has 0 radical (unpaired) electrons. The van der Waals surface area contributed by atoms with E-state index in [1.54, 1.807) is 0 Å². The summed E-state index contributed by atoms with van der Waals surface area (Å²) < 4.78 is 16.8. The van der Waals surface area contributed by atoms with Gasteiger partial charge < -0.3 is 24.8 Å². The number of nitrogens with one attached hydrogen (secondary N) is 2. The third kappa shape index (κ3) is 7.45. The molecule has 0 atom stereocenters. The van der Waals surface area contributed by atoms with Gasteiger partial charge in [-0.3, -0.25) is 4.79 Å². The van der Waals surface area contributed by atoms with Gasteiger partial charge in [0.1, 0.15) is 12.4 Å². The first-order valence-corrected chi connectivity index (χ1v) is 8.14. The number of benzene rings is 1. The van der Waals surface area contributed by atoms with Crippen LogP contribution in [0.15, 0.2) is 24.3 Å². The minimum atomic E-state index is -0.0845. The average molecular weight is 322 g/mol. The molecule has 1 heterocycles. The van der Waals surface area contributed by atoms with E-state index in [0.717, 1.165) is 37.4 Å². The molecule has 0 spiro atoms. The summed E-state index contributed by atoms with van der Waals surface area (Å²) in [5.74, 6) is 0.674. The summed E-state index contributed by atoms with van der Waals surface area (Å²) in [5, 5.41) is 6.03. The van der Waals surface area contributed by atoms with Crippen LogP contribution in [0.5, 0.6) is 5.75 Å². The molecule has 1 aromatic rings. The van der Waals surface area contributed by atoms with Gasteiger partial charge in [-0.2, -0.15) is 0 Å². The van der Waals surface area contributed by atoms with Crippen LogP contribution in [0, 0.1) is 0 Å². The van der Waals surface area contributed by atoms with Gasteiger partial charge in [0, 0.05) is 12.6 Å². The zero-order valence-electron chi connectivity index (χ0n) is 13.7. The van der Waals surface area contributed by atoms with E-state index in [2.05, 4.69) is 10.6 Å². The van der Waals surface area contributed by atoms with Crippen molar-refractivity contribution in [3.8, 4) is 5.75 Å². The molecule has 1 aromatic carbocycles. The molecular weight excluding hydrogens is 296 g/mol. The molecule has 1 saturated heterocycles. The van der Waals surface area contributed by atoms with Gasteiger partial charge in [0.05, 0.1) is 25.9 Å². The Labute approximate surface area is 137 Å². The fourth-order valence-corrected chi connectivity index (χ4v) is 2.39. The van der Waals surface area contributed by atoms with Gasteiger partial charge in [-0.15, -0.1) is 0 Å². The molecule has 2 N–H and O–H groups in total. The SMILES string of the molecule is CC(=O)Nc1ccc(OCCOCCOC2CCNCC2)cc1. The minimum Gasteiger partial charge on any atom is -0.491 e. The first-order chi connectivity index (χ1) is 11.2. The number of hydrogen-bond donors (Lipinski definition) is 2.